The van der Waals surface area contributed by atoms with Crippen LogP contribution in [0.4, 0.5) is 0 Å². The van der Waals surface area contributed by atoms with E-state index < -0.39 is 6.10 Å². The normalized spacial score (nSPS) is 14.6. The maximum Gasteiger partial charge on any atom is 0.231 e. The van der Waals surface area contributed by atoms with Gasteiger partial charge >= 0.3 is 0 Å². The Bertz CT molecular complexity index is 527. The Morgan fingerprint density at radius 3 is 2.82 bits per heavy atom. The van der Waals surface area contributed by atoms with Crippen LogP contribution in [-0.4, -0.2) is 16.9 Å². The quantitative estimate of drug-likeness (QED) is 0.854. The highest BCUT2D eigenvalue weighted by molar-refractivity contribution is 5.46. The van der Waals surface area contributed by atoms with E-state index in [9.17, 15) is 5.11 Å². The molecule has 0 bridgehead atoms. The van der Waals surface area contributed by atoms with E-state index in [0.29, 0.717) is 17.2 Å². The third-order valence-corrected chi connectivity index (χ3v) is 2.68. The lowest BCUT2D eigenvalue weighted by molar-refractivity contribution is 0.173. The smallest absolute Gasteiger partial charge is 0.231 e. The fourth-order valence-electron chi connectivity index (χ4n) is 1.79. The van der Waals surface area contributed by atoms with Crippen LogP contribution in [0, 0.1) is 0 Å². The Hall–Kier alpha value is -2.07. The molecule has 1 aliphatic rings. The number of hydrogen-bond donors (Lipinski definition) is 1. The summed E-state index contributed by atoms with van der Waals surface area (Å²) in [7, 11) is 0. The topological polar surface area (TPSA) is 51.6 Å². The molecule has 17 heavy (non-hydrogen) atoms. The minimum atomic E-state index is -0.745. The molecule has 0 aliphatic carbocycles. The number of aromatic nitrogens is 1. The van der Waals surface area contributed by atoms with Gasteiger partial charge in [0.25, 0.3) is 0 Å². The average molecular weight is 229 g/mol. The lowest BCUT2D eigenvalue weighted by Crippen LogP contribution is -2.01. The number of hydrogen-bond acceptors (Lipinski definition) is 4. The molecular formula is C13H11NO3. The van der Waals surface area contributed by atoms with Crippen molar-refractivity contribution >= 4 is 0 Å². The third-order valence-electron chi connectivity index (χ3n) is 2.68. The van der Waals surface area contributed by atoms with E-state index in [-0.39, 0.29) is 6.79 Å². The van der Waals surface area contributed by atoms with Crippen LogP contribution < -0.4 is 9.47 Å². The molecule has 0 amide bonds. The molecule has 0 radical (unpaired) electrons. The van der Waals surface area contributed by atoms with Gasteiger partial charge in [0.15, 0.2) is 11.5 Å². The van der Waals surface area contributed by atoms with Crippen LogP contribution in [0.5, 0.6) is 11.5 Å². The second kappa shape index (κ2) is 4.07. The Kier molecular flexibility index (Phi) is 2.42. The third kappa shape index (κ3) is 1.83. The van der Waals surface area contributed by atoms with Gasteiger partial charge < -0.3 is 14.6 Å². The number of rotatable bonds is 2. The minimum Gasteiger partial charge on any atom is -0.454 e. The van der Waals surface area contributed by atoms with Crippen molar-refractivity contribution in [2.75, 3.05) is 6.79 Å². The zero-order valence-corrected chi connectivity index (χ0v) is 9.04. The number of nitrogens with zero attached hydrogens (tertiary/aromatic N) is 1. The van der Waals surface area contributed by atoms with Gasteiger partial charge in [-0.05, 0) is 29.8 Å². The minimum absolute atomic E-state index is 0.235. The van der Waals surface area contributed by atoms with Gasteiger partial charge in [0.1, 0.15) is 6.10 Å². The fourth-order valence-corrected chi connectivity index (χ4v) is 1.79. The molecule has 1 N–H and O–H groups in total. The highest BCUT2D eigenvalue weighted by atomic mass is 16.7. The van der Waals surface area contributed by atoms with Crippen LogP contribution in [0.3, 0.4) is 0 Å². The first-order valence-electron chi connectivity index (χ1n) is 5.33. The molecule has 1 aliphatic heterocycles. The van der Waals surface area contributed by atoms with Crippen LogP contribution in [0.25, 0.3) is 0 Å². The van der Waals surface area contributed by atoms with E-state index in [1.807, 2.05) is 18.2 Å². The number of ether oxygens (including phenoxy) is 2. The molecule has 2 heterocycles. The van der Waals surface area contributed by atoms with E-state index in [0.717, 1.165) is 5.56 Å². The molecular weight excluding hydrogens is 218 g/mol. The van der Waals surface area contributed by atoms with Crippen LogP contribution >= 0.6 is 0 Å². The Morgan fingerprint density at radius 1 is 1.12 bits per heavy atom. The van der Waals surface area contributed by atoms with Crippen molar-refractivity contribution in [1.82, 2.24) is 4.98 Å². The Labute approximate surface area is 98.5 Å². The van der Waals surface area contributed by atoms with Gasteiger partial charge in [-0.25, -0.2) is 0 Å². The molecule has 1 aromatic carbocycles. The molecule has 1 atom stereocenters. The lowest BCUT2D eigenvalue weighted by atomic mass is 10.1. The molecule has 4 heteroatoms. The van der Waals surface area contributed by atoms with Crippen LogP contribution in [0.1, 0.15) is 17.4 Å². The van der Waals surface area contributed by atoms with Crippen molar-refractivity contribution in [3.8, 4) is 11.5 Å². The van der Waals surface area contributed by atoms with Gasteiger partial charge in [-0.3, -0.25) is 4.98 Å². The molecule has 86 valence electrons. The second-order valence-corrected chi connectivity index (χ2v) is 3.77. The number of benzene rings is 1. The molecule has 0 saturated carbocycles. The standard InChI is InChI=1S/C13H11NO3/c15-13(10-3-1-2-6-14-10)9-4-5-11-12(7-9)17-8-16-11/h1-7,13,15H,8H2. The van der Waals surface area contributed by atoms with Gasteiger partial charge in [0.05, 0.1) is 5.69 Å². The van der Waals surface area contributed by atoms with Crippen LogP contribution in [0.15, 0.2) is 42.6 Å². The molecule has 2 aromatic rings. The lowest BCUT2D eigenvalue weighted by Gasteiger charge is -2.10. The van der Waals surface area contributed by atoms with Crippen molar-refractivity contribution in [1.29, 1.82) is 0 Å². The number of pyridine rings is 1. The highest BCUT2D eigenvalue weighted by Gasteiger charge is 2.17. The van der Waals surface area contributed by atoms with Crippen molar-refractivity contribution in [3.63, 3.8) is 0 Å². The SMILES string of the molecule is OC(c1ccc2c(c1)OCO2)c1ccccn1. The van der Waals surface area contributed by atoms with Gasteiger partial charge in [0, 0.05) is 6.20 Å². The molecule has 1 unspecified atom stereocenters. The summed E-state index contributed by atoms with van der Waals surface area (Å²) in [5.41, 5.74) is 1.36. The van der Waals surface area contributed by atoms with Crippen molar-refractivity contribution in [3.05, 3.63) is 53.9 Å². The Morgan fingerprint density at radius 2 is 2.00 bits per heavy atom. The molecule has 4 nitrogen and oxygen atoms in total. The van der Waals surface area contributed by atoms with Gasteiger partial charge in [-0.2, -0.15) is 0 Å². The largest absolute Gasteiger partial charge is 0.454 e. The molecule has 0 saturated heterocycles. The first-order valence-corrected chi connectivity index (χ1v) is 5.33. The van der Waals surface area contributed by atoms with E-state index >= 15 is 0 Å². The van der Waals surface area contributed by atoms with E-state index in [4.69, 9.17) is 9.47 Å². The average Bonchev–Trinajstić information content (AvgIpc) is 2.86. The molecule has 1 aromatic heterocycles. The van der Waals surface area contributed by atoms with Crippen molar-refractivity contribution < 1.29 is 14.6 Å². The summed E-state index contributed by atoms with van der Waals surface area (Å²) in [5.74, 6) is 1.37. The first-order chi connectivity index (χ1) is 8.34. The maximum absolute atomic E-state index is 10.2. The van der Waals surface area contributed by atoms with E-state index in [2.05, 4.69) is 4.98 Å². The highest BCUT2D eigenvalue weighted by Crippen LogP contribution is 2.35. The molecule has 0 fully saturated rings. The van der Waals surface area contributed by atoms with Crippen molar-refractivity contribution in [2.24, 2.45) is 0 Å². The summed E-state index contributed by atoms with van der Waals surface area (Å²) in [5, 5.41) is 10.2. The number of aliphatic hydroxyl groups excluding tert-OH is 1. The van der Waals surface area contributed by atoms with Gasteiger partial charge in [-0.1, -0.05) is 12.1 Å². The summed E-state index contributed by atoms with van der Waals surface area (Å²) in [4.78, 5) is 4.13. The van der Waals surface area contributed by atoms with E-state index in [1.165, 1.54) is 0 Å². The fraction of sp³-hybridized carbons (Fsp3) is 0.154. The summed E-state index contributed by atoms with van der Waals surface area (Å²) >= 11 is 0. The second-order valence-electron chi connectivity index (χ2n) is 3.77. The molecule has 3 rings (SSSR count). The molecule has 0 spiro atoms. The Balaban J connectivity index is 1.94. The monoisotopic (exact) mass is 229 g/mol. The first kappa shape index (κ1) is 10.1. The maximum atomic E-state index is 10.2. The zero-order chi connectivity index (χ0) is 11.7. The van der Waals surface area contributed by atoms with Gasteiger partial charge in [0.2, 0.25) is 6.79 Å². The van der Waals surface area contributed by atoms with Crippen LogP contribution in [-0.2, 0) is 0 Å². The summed E-state index contributed by atoms with van der Waals surface area (Å²) in [6, 6.07) is 10.8. The summed E-state index contributed by atoms with van der Waals surface area (Å²) in [6.07, 6.45) is 0.914. The summed E-state index contributed by atoms with van der Waals surface area (Å²) in [6.45, 7) is 0.235. The number of aliphatic hydroxyl groups is 1. The predicted octanol–water partition coefficient (Wildman–Crippen LogP) is 1.89. The van der Waals surface area contributed by atoms with Crippen LogP contribution in [0.2, 0.25) is 0 Å². The zero-order valence-electron chi connectivity index (χ0n) is 9.04. The van der Waals surface area contributed by atoms with Gasteiger partial charge in [-0.15, -0.1) is 0 Å². The van der Waals surface area contributed by atoms with Crippen molar-refractivity contribution in [2.45, 2.75) is 6.10 Å². The number of fused-ring (bicyclic) bond motifs is 1. The summed E-state index contributed by atoms with van der Waals surface area (Å²) < 4.78 is 10.5. The predicted molar refractivity (Wildman–Crippen MR) is 60.9 cm³/mol. The van der Waals surface area contributed by atoms with E-state index in [1.54, 1.807) is 24.4 Å².